The van der Waals surface area contributed by atoms with Crippen molar-refractivity contribution in [3.8, 4) is 22.5 Å². The number of hydrogen-bond donors (Lipinski definition) is 0. The van der Waals surface area contributed by atoms with Crippen LogP contribution >= 0.6 is 0 Å². The van der Waals surface area contributed by atoms with E-state index in [1.54, 1.807) is 0 Å². The first-order chi connectivity index (χ1) is 28.3. The summed E-state index contributed by atoms with van der Waals surface area (Å²) < 4.78 is 4.75. The molecule has 10 aromatic rings. The molecule has 0 bridgehead atoms. The van der Waals surface area contributed by atoms with Crippen LogP contribution in [-0.4, -0.2) is 9.13 Å². The second-order valence-electron chi connectivity index (χ2n) is 14.9. The van der Waals surface area contributed by atoms with Gasteiger partial charge in [-0.2, -0.15) is 0 Å². The number of para-hydroxylation sites is 5. The molecule has 0 saturated carbocycles. The maximum atomic E-state index is 2.41. The molecule has 8 aromatic carbocycles. The highest BCUT2D eigenvalue weighted by Gasteiger charge is 2.19. The summed E-state index contributed by atoms with van der Waals surface area (Å²) in [5.41, 5.74) is 15.9. The Hall–Kier alpha value is -7.36. The van der Waals surface area contributed by atoms with E-state index in [1.807, 2.05) is 0 Å². The van der Waals surface area contributed by atoms with E-state index < -0.39 is 0 Å². The molecule has 2 aromatic heterocycles. The Kier molecular flexibility index (Phi) is 7.96. The number of allylic oxidation sites excluding steroid dienone is 4. The van der Waals surface area contributed by atoms with Gasteiger partial charge >= 0.3 is 0 Å². The lowest BCUT2D eigenvalue weighted by Crippen LogP contribution is -2.17. The van der Waals surface area contributed by atoms with E-state index in [2.05, 4.69) is 226 Å². The third-order valence-electron chi connectivity index (χ3n) is 11.7. The van der Waals surface area contributed by atoms with Gasteiger partial charge in [0.25, 0.3) is 0 Å². The van der Waals surface area contributed by atoms with E-state index in [0.717, 1.165) is 18.5 Å². The molecule has 270 valence electrons. The van der Waals surface area contributed by atoms with E-state index in [4.69, 9.17) is 0 Å². The van der Waals surface area contributed by atoms with Gasteiger partial charge in [-0.3, -0.25) is 0 Å². The molecule has 57 heavy (non-hydrogen) atoms. The Labute approximate surface area is 332 Å². The highest BCUT2D eigenvalue weighted by molar-refractivity contribution is 6.10. The van der Waals surface area contributed by atoms with E-state index in [1.165, 1.54) is 88.6 Å². The molecule has 0 unspecified atom stereocenters. The highest BCUT2D eigenvalue weighted by Crippen LogP contribution is 2.39. The molecule has 3 heteroatoms. The molecule has 0 spiro atoms. The molecule has 3 nitrogen and oxygen atoms in total. The summed E-state index contributed by atoms with van der Waals surface area (Å²) in [4.78, 5) is 2.41. The van der Waals surface area contributed by atoms with E-state index >= 15 is 0 Å². The summed E-state index contributed by atoms with van der Waals surface area (Å²) in [5, 5.41) is 5.13. The van der Waals surface area contributed by atoms with Crippen LogP contribution in [0.3, 0.4) is 0 Å². The predicted octanol–water partition coefficient (Wildman–Crippen LogP) is 14.4. The first kappa shape index (κ1) is 33.0. The Morgan fingerprint density at radius 3 is 1.14 bits per heavy atom. The lowest BCUT2D eigenvalue weighted by atomic mass is 9.94. The number of aromatic nitrogens is 2. The van der Waals surface area contributed by atoms with Gasteiger partial charge in [-0.15, -0.1) is 0 Å². The predicted molar refractivity (Wildman–Crippen MR) is 241 cm³/mol. The fourth-order valence-corrected chi connectivity index (χ4v) is 8.94. The Balaban J connectivity index is 0.878. The monoisotopic (exact) mass is 729 g/mol. The average molecular weight is 730 g/mol. The summed E-state index contributed by atoms with van der Waals surface area (Å²) in [6.45, 7) is 0. The van der Waals surface area contributed by atoms with Crippen LogP contribution in [0.15, 0.2) is 218 Å². The van der Waals surface area contributed by atoms with Gasteiger partial charge in [0.2, 0.25) is 0 Å². The Bertz CT molecular complexity index is 3040. The van der Waals surface area contributed by atoms with Crippen molar-refractivity contribution in [3.63, 3.8) is 0 Å². The van der Waals surface area contributed by atoms with Gasteiger partial charge in [0, 0.05) is 50.0 Å². The number of fused-ring (bicyclic) bond motifs is 6. The van der Waals surface area contributed by atoms with Crippen LogP contribution in [0.1, 0.15) is 18.4 Å². The molecule has 0 radical (unpaired) electrons. The minimum Gasteiger partial charge on any atom is -0.314 e. The quantitative estimate of drug-likeness (QED) is 0.159. The van der Waals surface area contributed by atoms with Gasteiger partial charge in [-0.25, -0.2) is 0 Å². The van der Waals surface area contributed by atoms with E-state index in [-0.39, 0.29) is 0 Å². The van der Waals surface area contributed by atoms with Crippen LogP contribution in [0.4, 0.5) is 11.4 Å². The van der Waals surface area contributed by atoms with Crippen LogP contribution in [-0.2, 0) is 0 Å². The second-order valence-corrected chi connectivity index (χ2v) is 14.9. The fourth-order valence-electron chi connectivity index (χ4n) is 8.94. The van der Waals surface area contributed by atoms with Crippen LogP contribution in [0.5, 0.6) is 0 Å². The third-order valence-corrected chi connectivity index (χ3v) is 11.7. The number of hydrogen-bond acceptors (Lipinski definition) is 1. The van der Waals surface area contributed by atoms with Crippen LogP contribution in [0.2, 0.25) is 0 Å². The lowest BCUT2D eigenvalue weighted by molar-refractivity contribution is 0.930. The van der Waals surface area contributed by atoms with Gasteiger partial charge in [0.15, 0.2) is 0 Å². The zero-order valence-electron chi connectivity index (χ0n) is 31.5. The standard InChI is InChI=1S/C54H39N3/c1-2-12-42(13-3-1)55(43-30-22-38(23-31-43)40-26-34-45(35-27-40)56-51-18-8-4-14-47(51)48-15-5-9-19-52(48)56)44-32-24-39(25-33-44)41-28-36-46(37-29-41)57-53-20-10-6-16-49(53)50-17-7-11-21-54(50)57/h1-24,26-32,34-37H,25,33H2. The van der Waals surface area contributed by atoms with Gasteiger partial charge in [-0.1, -0.05) is 133 Å². The van der Waals surface area contributed by atoms with Crippen molar-refractivity contribution in [2.45, 2.75) is 12.8 Å². The topological polar surface area (TPSA) is 13.1 Å². The van der Waals surface area contributed by atoms with Crippen molar-refractivity contribution in [2.24, 2.45) is 0 Å². The summed E-state index contributed by atoms with van der Waals surface area (Å²) in [7, 11) is 0. The van der Waals surface area contributed by atoms with E-state index in [0.29, 0.717) is 0 Å². The normalized spacial score (nSPS) is 13.0. The summed E-state index contributed by atoms with van der Waals surface area (Å²) >= 11 is 0. The first-order valence-corrected chi connectivity index (χ1v) is 19.8. The zero-order chi connectivity index (χ0) is 37.7. The average Bonchev–Trinajstić information content (AvgIpc) is 3.81. The minimum atomic E-state index is 0.946. The number of rotatable bonds is 7. The SMILES string of the molecule is C1=C(c2ccc(-n3c4ccccc4c4ccccc43)cc2)CCC(N(c2ccccc2)c2ccc(-c3ccc(-n4c5ccccc5c5ccccc54)cc3)cc2)=C1. The Morgan fingerprint density at radius 2 is 0.702 bits per heavy atom. The summed E-state index contributed by atoms with van der Waals surface area (Å²) in [5.74, 6) is 0. The molecule has 0 fully saturated rings. The van der Waals surface area contributed by atoms with Gasteiger partial charge < -0.3 is 14.0 Å². The number of nitrogens with zero attached hydrogens (tertiary/aromatic N) is 3. The molecule has 0 N–H and O–H groups in total. The first-order valence-electron chi connectivity index (χ1n) is 19.8. The smallest absolute Gasteiger partial charge is 0.0541 e. The minimum absolute atomic E-state index is 0.946. The summed E-state index contributed by atoms with van der Waals surface area (Å²) in [6, 6.07) is 72.6. The molecule has 11 rings (SSSR count). The zero-order valence-corrected chi connectivity index (χ0v) is 31.5. The van der Waals surface area contributed by atoms with Crippen molar-refractivity contribution in [2.75, 3.05) is 4.90 Å². The maximum absolute atomic E-state index is 2.41. The largest absolute Gasteiger partial charge is 0.314 e. The molecule has 1 aliphatic rings. The van der Waals surface area contributed by atoms with Crippen molar-refractivity contribution < 1.29 is 0 Å². The van der Waals surface area contributed by atoms with Crippen molar-refractivity contribution in [1.29, 1.82) is 0 Å². The lowest BCUT2D eigenvalue weighted by Gasteiger charge is -2.30. The molecule has 0 atom stereocenters. The van der Waals surface area contributed by atoms with Crippen molar-refractivity contribution in [1.82, 2.24) is 9.13 Å². The van der Waals surface area contributed by atoms with E-state index in [9.17, 15) is 0 Å². The van der Waals surface area contributed by atoms with Crippen LogP contribution in [0, 0.1) is 0 Å². The molecule has 0 amide bonds. The van der Waals surface area contributed by atoms with Crippen LogP contribution < -0.4 is 4.90 Å². The van der Waals surface area contributed by atoms with Crippen LogP contribution in [0.25, 0.3) is 71.7 Å². The fraction of sp³-hybridized carbons (Fsp3) is 0.0370. The Morgan fingerprint density at radius 1 is 0.316 bits per heavy atom. The highest BCUT2D eigenvalue weighted by atomic mass is 15.1. The maximum Gasteiger partial charge on any atom is 0.0541 e. The van der Waals surface area contributed by atoms with Crippen molar-refractivity contribution in [3.05, 3.63) is 224 Å². The van der Waals surface area contributed by atoms with Gasteiger partial charge in [0.1, 0.15) is 0 Å². The molecule has 0 aliphatic heterocycles. The van der Waals surface area contributed by atoms with Crippen molar-refractivity contribution >= 4 is 60.6 Å². The molecule has 2 heterocycles. The number of anilines is 2. The number of benzene rings is 8. The molecular formula is C54H39N3. The third kappa shape index (κ3) is 5.67. The molecular weight excluding hydrogens is 691 g/mol. The van der Waals surface area contributed by atoms with Gasteiger partial charge in [0.05, 0.1) is 22.1 Å². The second kappa shape index (κ2) is 13.7. The summed E-state index contributed by atoms with van der Waals surface area (Å²) in [6.07, 6.45) is 6.55. The molecule has 1 aliphatic carbocycles. The molecule has 0 saturated heterocycles. The van der Waals surface area contributed by atoms with Gasteiger partial charge in [-0.05, 0) is 114 Å².